The van der Waals surface area contributed by atoms with Gasteiger partial charge in [-0.05, 0) is 49.2 Å². The van der Waals surface area contributed by atoms with Crippen molar-refractivity contribution in [3.8, 4) is 0 Å². The molecule has 0 bridgehead atoms. The van der Waals surface area contributed by atoms with Gasteiger partial charge >= 0.3 is 0 Å². The average molecular weight is 379 g/mol. The maximum Gasteiger partial charge on any atom is 0.257 e. The van der Waals surface area contributed by atoms with E-state index in [4.69, 9.17) is 27.9 Å². The lowest BCUT2D eigenvalue weighted by Gasteiger charge is -2.11. The van der Waals surface area contributed by atoms with E-state index in [1.54, 1.807) is 42.5 Å². The quantitative estimate of drug-likeness (QED) is 0.829. The molecule has 5 nitrogen and oxygen atoms in total. The van der Waals surface area contributed by atoms with Gasteiger partial charge in [-0.3, -0.25) is 9.59 Å². The van der Waals surface area contributed by atoms with Crippen molar-refractivity contribution in [3.05, 3.63) is 58.1 Å². The maximum atomic E-state index is 12.3. The van der Waals surface area contributed by atoms with Crippen LogP contribution in [0.25, 0.3) is 0 Å². The first-order chi connectivity index (χ1) is 12.0. The molecule has 1 fully saturated rings. The zero-order chi connectivity index (χ0) is 17.8. The van der Waals surface area contributed by atoms with Gasteiger partial charge in [-0.15, -0.1) is 0 Å². The molecule has 2 aromatic carbocycles. The minimum absolute atomic E-state index is 0.153. The standard InChI is InChI=1S/C18H16Cl2N2O3/c19-14-4-1-3-13(16(14)20)17(23)21-11-6-8-12(9-7-11)22-18(24)15-5-2-10-25-15/h1,3-4,6-9,15H,2,5,10H2,(H,21,23)(H,22,24)/t15-/m0/s1. The predicted octanol–water partition coefficient (Wildman–Crippen LogP) is 4.36. The number of ether oxygens (including phenoxy) is 1. The minimum Gasteiger partial charge on any atom is -0.368 e. The number of anilines is 2. The molecule has 2 N–H and O–H groups in total. The van der Waals surface area contributed by atoms with Crippen molar-refractivity contribution in [1.29, 1.82) is 0 Å². The Bertz CT molecular complexity index is 787. The molecule has 2 amide bonds. The summed E-state index contributed by atoms with van der Waals surface area (Å²) in [7, 11) is 0. The zero-order valence-electron chi connectivity index (χ0n) is 13.2. The van der Waals surface area contributed by atoms with Gasteiger partial charge in [-0.1, -0.05) is 29.3 Å². The number of benzene rings is 2. The molecule has 0 spiro atoms. The van der Waals surface area contributed by atoms with Crippen LogP contribution in [0.3, 0.4) is 0 Å². The fourth-order valence-corrected chi connectivity index (χ4v) is 2.91. The highest BCUT2D eigenvalue weighted by molar-refractivity contribution is 6.44. The third kappa shape index (κ3) is 4.31. The van der Waals surface area contributed by atoms with Crippen molar-refractivity contribution in [2.75, 3.05) is 17.2 Å². The number of nitrogens with one attached hydrogen (secondary N) is 2. The summed E-state index contributed by atoms with van der Waals surface area (Å²) >= 11 is 12.0. The molecular weight excluding hydrogens is 363 g/mol. The Morgan fingerprint density at radius 2 is 1.68 bits per heavy atom. The van der Waals surface area contributed by atoms with Crippen LogP contribution >= 0.6 is 23.2 Å². The van der Waals surface area contributed by atoms with Gasteiger partial charge in [0.05, 0.1) is 15.6 Å². The van der Waals surface area contributed by atoms with Crippen LogP contribution in [0.5, 0.6) is 0 Å². The van der Waals surface area contributed by atoms with Gasteiger partial charge in [0.2, 0.25) is 0 Å². The third-order valence-corrected chi connectivity index (χ3v) is 4.65. The van der Waals surface area contributed by atoms with Crippen LogP contribution in [-0.2, 0) is 9.53 Å². The molecule has 1 aliphatic heterocycles. The molecule has 0 saturated carbocycles. The number of hydrogen-bond donors (Lipinski definition) is 2. The van der Waals surface area contributed by atoms with E-state index in [1.165, 1.54) is 0 Å². The molecule has 7 heteroatoms. The minimum atomic E-state index is -0.385. The van der Waals surface area contributed by atoms with Crippen molar-refractivity contribution in [2.45, 2.75) is 18.9 Å². The predicted molar refractivity (Wildman–Crippen MR) is 98.5 cm³/mol. The molecule has 1 aliphatic rings. The van der Waals surface area contributed by atoms with Gasteiger partial charge in [0.15, 0.2) is 0 Å². The number of carbonyl (C=O) groups is 2. The second-order valence-electron chi connectivity index (χ2n) is 5.62. The molecule has 3 rings (SSSR count). The molecule has 25 heavy (non-hydrogen) atoms. The summed E-state index contributed by atoms with van der Waals surface area (Å²) in [6.07, 6.45) is 1.25. The lowest BCUT2D eigenvalue weighted by molar-refractivity contribution is -0.124. The highest BCUT2D eigenvalue weighted by atomic mass is 35.5. The monoisotopic (exact) mass is 378 g/mol. The summed E-state index contributed by atoms with van der Waals surface area (Å²) in [4.78, 5) is 24.3. The number of halogens is 2. The van der Waals surface area contributed by atoms with Crippen LogP contribution in [0.15, 0.2) is 42.5 Å². The van der Waals surface area contributed by atoms with E-state index >= 15 is 0 Å². The highest BCUT2D eigenvalue weighted by Crippen LogP contribution is 2.26. The topological polar surface area (TPSA) is 67.4 Å². The normalized spacial score (nSPS) is 16.5. The lowest BCUT2D eigenvalue weighted by Crippen LogP contribution is -2.26. The van der Waals surface area contributed by atoms with E-state index in [2.05, 4.69) is 10.6 Å². The average Bonchev–Trinajstić information content (AvgIpc) is 3.14. The van der Waals surface area contributed by atoms with Crippen LogP contribution < -0.4 is 10.6 Å². The molecule has 0 aliphatic carbocycles. The van der Waals surface area contributed by atoms with Gasteiger partial charge in [0.1, 0.15) is 6.10 Å². The number of rotatable bonds is 4. The summed E-state index contributed by atoms with van der Waals surface area (Å²) < 4.78 is 5.34. The van der Waals surface area contributed by atoms with Gasteiger partial charge in [-0.25, -0.2) is 0 Å². The van der Waals surface area contributed by atoms with Crippen LogP contribution in [0, 0.1) is 0 Å². The first-order valence-electron chi connectivity index (χ1n) is 7.82. The second kappa shape index (κ2) is 7.87. The molecular formula is C18H16Cl2N2O3. The Morgan fingerprint density at radius 1 is 1.00 bits per heavy atom. The molecule has 130 valence electrons. The van der Waals surface area contributed by atoms with E-state index < -0.39 is 0 Å². The third-order valence-electron chi connectivity index (χ3n) is 3.83. The fourth-order valence-electron chi connectivity index (χ4n) is 2.52. The Kier molecular flexibility index (Phi) is 5.58. The van der Waals surface area contributed by atoms with Crippen molar-refractivity contribution < 1.29 is 14.3 Å². The number of hydrogen-bond acceptors (Lipinski definition) is 3. The van der Waals surface area contributed by atoms with Crippen LogP contribution in [0.2, 0.25) is 10.0 Å². The lowest BCUT2D eigenvalue weighted by atomic mass is 10.2. The Labute approximate surface area is 155 Å². The smallest absolute Gasteiger partial charge is 0.257 e. The van der Waals surface area contributed by atoms with Crippen molar-refractivity contribution in [3.63, 3.8) is 0 Å². The molecule has 0 radical (unpaired) electrons. The molecule has 0 unspecified atom stereocenters. The van der Waals surface area contributed by atoms with Gasteiger partial charge in [0.25, 0.3) is 11.8 Å². The molecule has 1 heterocycles. The van der Waals surface area contributed by atoms with E-state index in [0.29, 0.717) is 28.6 Å². The van der Waals surface area contributed by atoms with E-state index in [1.807, 2.05) is 0 Å². The first-order valence-corrected chi connectivity index (χ1v) is 8.58. The Morgan fingerprint density at radius 3 is 2.32 bits per heavy atom. The van der Waals surface area contributed by atoms with E-state index in [0.717, 1.165) is 12.8 Å². The summed E-state index contributed by atoms with van der Waals surface area (Å²) in [5.74, 6) is -0.511. The summed E-state index contributed by atoms with van der Waals surface area (Å²) in [6, 6.07) is 11.7. The summed E-state index contributed by atoms with van der Waals surface area (Å²) in [5.41, 5.74) is 1.51. The van der Waals surface area contributed by atoms with E-state index in [9.17, 15) is 9.59 Å². The van der Waals surface area contributed by atoms with Crippen LogP contribution in [0.4, 0.5) is 11.4 Å². The summed E-state index contributed by atoms with van der Waals surface area (Å²) in [5, 5.41) is 6.07. The summed E-state index contributed by atoms with van der Waals surface area (Å²) in [6.45, 7) is 0.620. The number of carbonyl (C=O) groups excluding carboxylic acids is 2. The number of amides is 2. The van der Waals surface area contributed by atoms with E-state index in [-0.39, 0.29) is 22.9 Å². The molecule has 1 atom stereocenters. The van der Waals surface area contributed by atoms with Crippen LogP contribution in [-0.4, -0.2) is 24.5 Å². The van der Waals surface area contributed by atoms with Gasteiger partial charge in [-0.2, -0.15) is 0 Å². The molecule has 0 aromatic heterocycles. The first kappa shape index (κ1) is 17.7. The highest BCUT2D eigenvalue weighted by Gasteiger charge is 2.23. The largest absolute Gasteiger partial charge is 0.368 e. The van der Waals surface area contributed by atoms with Gasteiger partial charge < -0.3 is 15.4 Å². The Balaban J connectivity index is 1.63. The van der Waals surface area contributed by atoms with Gasteiger partial charge in [0, 0.05) is 18.0 Å². The fraction of sp³-hybridized carbons (Fsp3) is 0.222. The van der Waals surface area contributed by atoms with Crippen molar-refractivity contribution in [2.24, 2.45) is 0 Å². The Hall–Kier alpha value is -2.08. The van der Waals surface area contributed by atoms with Crippen molar-refractivity contribution in [1.82, 2.24) is 0 Å². The van der Waals surface area contributed by atoms with Crippen molar-refractivity contribution >= 4 is 46.4 Å². The molecule has 1 saturated heterocycles. The SMILES string of the molecule is O=C(Nc1ccc(NC(=O)[C@@H]2CCCO2)cc1)c1cccc(Cl)c1Cl. The zero-order valence-corrected chi connectivity index (χ0v) is 14.7. The maximum absolute atomic E-state index is 12.3. The van der Waals surface area contributed by atoms with Crippen LogP contribution in [0.1, 0.15) is 23.2 Å². The second-order valence-corrected chi connectivity index (χ2v) is 6.41. The molecule has 2 aromatic rings.